The highest BCUT2D eigenvalue weighted by Crippen LogP contribution is 2.38. The molecule has 0 saturated carbocycles. The topological polar surface area (TPSA) is 57.7 Å². The summed E-state index contributed by atoms with van der Waals surface area (Å²) >= 11 is 1.70. The van der Waals surface area contributed by atoms with Crippen molar-refractivity contribution in [1.29, 1.82) is 0 Å². The van der Waals surface area contributed by atoms with E-state index < -0.39 is 10.0 Å². The highest BCUT2D eigenvalue weighted by atomic mass is 32.2. The van der Waals surface area contributed by atoms with Crippen molar-refractivity contribution in [2.75, 3.05) is 19.6 Å². The van der Waals surface area contributed by atoms with Gasteiger partial charge >= 0.3 is 0 Å². The van der Waals surface area contributed by atoms with Crippen molar-refractivity contribution in [2.45, 2.75) is 19.4 Å². The summed E-state index contributed by atoms with van der Waals surface area (Å²) in [6, 6.07) is 19.2. The number of amides is 1. The molecule has 1 aliphatic rings. The van der Waals surface area contributed by atoms with Gasteiger partial charge in [-0.05, 0) is 47.6 Å². The summed E-state index contributed by atoms with van der Waals surface area (Å²) in [5, 5.41) is 3.21. The second-order valence-corrected chi connectivity index (χ2v) is 11.1. The Morgan fingerprint density at radius 3 is 2.59 bits per heavy atom. The maximum atomic E-state index is 13.6. The molecule has 5 nitrogen and oxygen atoms in total. The minimum absolute atomic E-state index is 0.0555. The monoisotopic (exact) mass is 492 g/mol. The van der Waals surface area contributed by atoms with E-state index in [1.165, 1.54) is 15.3 Å². The Hall–Kier alpha value is -3.00. The van der Waals surface area contributed by atoms with Crippen LogP contribution in [0.2, 0.25) is 0 Å². The third-order valence-electron chi connectivity index (χ3n) is 5.92. The molecular weight excluding hydrogens is 464 g/mol. The van der Waals surface area contributed by atoms with Crippen molar-refractivity contribution < 1.29 is 13.2 Å². The number of carbonyl (C=O) groups excluding carboxylic acids is 1. The highest BCUT2D eigenvalue weighted by Gasteiger charge is 2.34. The van der Waals surface area contributed by atoms with Crippen LogP contribution in [0.4, 0.5) is 0 Å². The van der Waals surface area contributed by atoms with Crippen molar-refractivity contribution in [1.82, 2.24) is 9.21 Å². The van der Waals surface area contributed by atoms with E-state index in [0.717, 1.165) is 34.1 Å². The zero-order valence-corrected chi connectivity index (χ0v) is 20.8. The second kappa shape index (κ2) is 10.5. The van der Waals surface area contributed by atoms with Gasteiger partial charge in [-0.25, -0.2) is 8.42 Å². The van der Waals surface area contributed by atoms with E-state index in [1.54, 1.807) is 17.4 Å². The van der Waals surface area contributed by atoms with E-state index >= 15 is 0 Å². The van der Waals surface area contributed by atoms with Gasteiger partial charge in [0.15, 0.2) is 0 Å². The SMILES string of the molecule is C=CCN(CC(=O)N1CCc2sccc2C1c1ccc(C)cc1)S(=O)(=O)C=Cc1ccccc1. The maximum Gasteiger partial charge on any atom is 0.238 e. The van der Waals surface area contributed by atoms with Gasteiger partial charge in [-0.2, -0.15) is 4.31 Å². The molecule has 0 fully saturated rings. The van der Waals surface area contributed by atoms with Gasteiger partial charge in [-0.15, -0.1) is 17.9 Å². The van der Waals surface area contributed by atoms with Crippen LogP contribution >= 0.6 is 11.3 Å². The Morgan fingerprint density at radius 1 is 1.15 bits per heavy atom. The second-order valence-electron chi connectivity index (χ2n) is 8.29. The summed E-state index contributed by atoms with van der Waals surface area (Å²) in [7, 11) is -3.82. The molecule has 0 N–H and O–H groups in total. The van der Waals surface area contributed by atoms with Crippen molar-refractivity contribution in [2.24, 2.45) is 0 Å². The molecule has 4 rings (SSSR count). The summed E-state index contributed by atoms with van der Waals surface area (Å²) in [6.07, 6.45) is 3.82. The molecule has 0 bridgehead atoms. The quantitative estimate of drug-likeness (QED) is 0.415. The Morgan fingerprint density at radius 2 is 1.88 bits per heavy atom. The number of thiophene rings is 1. The fraction of sp³-hybridized carbons (Fsp3) is 0.222. The van der Waals surface area contributed by atoms with Crippen molar-refractivity contribution in [3.63, 3.8) is 0 Å². The lowest BCUT2D eigenvalue weighted by Crippen LogP contribution is -2.46. The van der Waals surface area contributed by atoms with Gasteiger partial charge in [0.1, 0.15) is 0 Å². The zero-order chi connectivity index (χ0) is 24.1. The molecule has 0 saturated heterocycles. The van der Waals surface area contributed by atoms with Crippen LogP contribution in [0.5, 0.6) is 0 Å². The van der Waals surface area contributed by atoms with Crippen LogP contribution in [0, 0.1) is 6.92 Å². The number of hydrogen-bond donors (Lipinski definition) is 0. The first-order valence-electron chi connectivity index (χ1n) is 11.2. The molecule has 1 unspecified atom stereocenters. The average Bonchev–Trinajstić information content (AvgIpc) is 3.32. The van der Waals surface area contributed by atoms with E-state index in [2.05, 4.69) is 18.0 Å². The van der Waals surface area contributed by atoms with Crippen LogP contribution in [-0.4, -0.2) is 43.2 Å². The lowest BCUT2D eigenvalue weighted by atomic mass is 9.92. The molecule has 7 heteroatoms. The van der Waals surface area contributed by atoms with Gasteiger partial charge in [0, 0.05) is 23.4 Å². The molecule has 1 aliphatic heterocycles. The molecular formula is C27H28N2O3S2. The van der Waals surface area contributed by atoms with Crippen molar-refractivity contribution in [3.05, 3.63) is 111 Å². The van der Waals surface area contributed by atoms with Crippen molar-refractivity contribution in [3.8, 4) is 0 Å². The number of rotatable bonds is 8. The third kappa shape index (κ3) is 5.38. The summed E-state index contributed by atoms with van der Waals surface area (Å²) in [5.41, 5.74) is 4.07. The van der Waals surface area contributed by atoms with E-state index in [0.29, 0.717) is 6.54 Å². The van der Waals surface area contributed by atoms with E-state index in [4.69, 9.17) is 0 Å². The number of carbonyl (C=O) groups is 1. The number of nitrogens with zero attached hydrogens (tertiary/aromatic N) is 2. The number of aryl methyl sites for hydroxylation is 1. The van der Waals surface area contributed by atoms with Gasteiger partial charge in [0.25, 0.3) is 0 Å². The van der Waals surface area contributed by atoms with E-state index in [9.17, 15) is 13.2 Å². The fourth-order valence-electron chi connectivity index (χ4n) is 4.15. The molecule has 1 amide bonds. The Kier molecular flexibility index (Phi) is 7.46. The van der Waals surface area contributed by atoms with Gasteiger partial charge in [-0.1, -0.05) is 66.2 Å². The smallest absolute Gasteiger partial charge is 0.238 e. The summed E-state index contributed by atoms with van der Waals surface area (Å²) in [4.78, 5) is 16.6. The number of benzene rings is 2. The minimum Gasteiger partial charge on any atom is -0.330 e. The molecule has 3 aromatic rings. The lowest BCUT2D eigenvalue weighted by Gasteiger charge is -2.37. The number of sulfonamides is 1. The molecule has 2 heterocycles. The van der Waals surface area contributed by atoms with Crippen molar-refractivity contribution >= 4 is 33.3 Å². The van der Waals surface area contributed by atoms with Gasteiger partial charge in [0.2, 0.25) is 15.9 Å². The first-order valence-corrected chi connectivity index (χ1v) is 13.5. The predicted molar refractivity (Wildman–Crippen MR) is 139 cm³/mol. The molecule has 176 valence electrons. The Balaban J connectivity index is 1.60. The molecule has 0 radical (unpaired) electrons. The summed E-state index contributed by atoms with van der Waals surface area (Å²) < 4.78 is 27.3. The van der Waals surface area contributed by atoms with E-state index in [1.807, 2.05) is 66.4 Å². The molecule has 1 atom stereocenters. The van der Waals surface area contributed by atoms with Gasteiger partial charge in [0.05, 0.1) is 12.6 Å². The number of hydrogen-bond acceptors (Lipinski definition) is 4. The average molecular weight is 493 g/mol. The van der Waals surface area contributed by atoms with E-state index in [-0.39, 0.29) is 25.0 Å². The minimum atomic E-state index is -3.82. The molecule has 34 heavy (non-hydrogen) atoms. The van der Waals surface area contributed by atoms with Crippen LogP contribution in [0.15, 0.2) is 84.1 Å². The predicted octanol–water partition coefficient (Wildman–Crippen LogP) is 5.02. The Labute approximate surface area is 205 Å². The maximum absolute atomic E-state index is 13.6. The normalized spacial score (nSPS) is 16.1. The first-order chi connectivity index (χ1) is 16.4. The van der Waals surface area contributed by atoms with Crippen LogP contribution in [-0.2, 0) is 21.2 Å². The van der Waals surface area contributed by atoms with Gasteiger partial charge < -0.3 is 4.90 Å². The first kappa shape index (κ1) is 24.1. The third-order valence-corrected chi connectivity index (χ3v) is 8.39. The van der Waals surface area contributed by atoms with Crippen LogP contribution < -0.4 is 0 Å². The fourth-order valence-corrected chi connectivity index (χ4v) is 6.16. The molecule has 2 aromatic carbocycles. The Bertz CT molecular complexity index is 1280. The standard InChI is InChI=1S/C27H28N2O3S2/c1-3-16-28(34(31,32)19-15-22-7-5-4-6-8-22)20-26(30)29-17-13-25-24(14-18-33-25)27(29)23-11-9-21(2)10-12-23/h3-12,14-15,18-19,27H,1,13,16-17,20H2,2H3. The zero-order valence-electron chi connectivity index (χ0n) is 19.1. The summed E-state index contributed by atoms with van der Waals surface area (Å²) in [6.45, 7) is 6.09. The van der Waals surface area contributed by atoms with Crippen LogP contribution in [0.25, 0.3) is 6.08 Å². The molecule has 0 aliphatic carbocycles. The largest absolute Gasteiger partial charge is 0.330 e. The van der Waals surface area contributed by atoms with Gasteiger partial charge in [-0.3, -0.25) is 4.79 Å². The van der Waals surface area contributed by atoms with Crippen LogP contribution in [0.1, 0.15) is 33.2 Å². The van der Waals surface area contributed by atoms with Crippen LogP contribution in [0.3, 0.4) is 0 Å². The molecule has 1 aromatic heterocycles. The summed E-state index contributed by atoms with van der Waals surface area (Å²) in [5.74, 6) is -0.221. The number of fused-ring (bicyclic) bond motifs is 1. The highest BCUT2D eigenvalue weighted by molar-refractivity contribution is 7.92. The lowest BCUT2D eigenvalue weighted by molar-refractivity contribution is -0.133. The molecule has 0 spiro atoms.